The summed E-state index contributed by atoms with van der Waals surface area (Å²) >= 11 is 0. The van der Waals surface area contributed by atoms with E-state index < -0.39 is 18.3 Å². The van der Waals surface area contributed by atoms with Gasteiger partial charge in [0.1, 0.15) is 11.2 Å². The maximum atomic E-state index is 7.02. The third-order valence-corrected chi connectivity index (χ3v) is 9.75. The smallest absolute Gasteiger partial charge is 0.455 e. The Bertz CT molecular complexity index is 2170. The summed E-state index contributed by atoms with van der Waals surface area (Å²) in [6.07, 6.45) is 0. The SMILES string of the molecule is CC1(C)OB(c2ccc(-c3ccc(-c4ccccc4)cc3)c3oc4c(-c5ccccc5)cc(-c5ccccc5)cc4c23)OC1(C)C. The number of benzene rings is 6. The van der Waals surface area contributed by atoms with Crippen molar-refractivity contribution in [2.24, 2.45) is 0 Å². The van der Waals surface area contributed by atoms with Crippen LogP contribution in [0.4, 0.5) is 0 Å². The van der Waals surface area contributed by atoms with Crippen LogP contribution in [-0.4, -0.2) is 18.3 Å². The van der Waals surface area contributed by atoms with Crippen LogP contribution in [0.15, 0.2) is 144 Å². The van der Waals surface area contributed by atoms with E-state index in [-0.39, 0.29) is 0 Å². The molecule has 1 aromatic heterocycles. The Morgan fingerprint density at radius 2 is 0.913 bits per heavy atom. The van der Waals surface area contributed by atoms with Gasteiger partial charge in [0.15, 0.2) is 0 Å². The van der Waals surface area contributed by atoms with Gasteiger partial charge in [-0.15, -0.1) is 0 Å². The van der Waals surface area contributed by atoms with Crippen molar-refractivity contribution in [1.82, 2.24) is 0 Å². The summed E-state index contributed by atoms with van der Waals surface area (Å²) in [5, 5.41) is 2.07. The molecule has 8 rings (SSSR count). The number of hydrogen-bond donors (Lipinski definition) is 0. The average Bonchev–Trinajstić information content (AvgIpc) is 3.58. The van der Waals surface area contributed by atoms with Crippen molar-refractivity contribution in [3.8, 4) is 44.5 Å². The van der Waals surface area contributed by atoms with Crippen LogP contribution in [-0.2, 0) is 9.31 Å². The van der Waals surface area contributed by atoms with Gasteiger partial charge < -0.3 is 13.7 Å². The first-order valence-corrected chi connectivity index (χ1v) is 15.9. The predicted molar refractivity (Wildman–Crippen MR) is 191 cm³/mol. The second-order valence-corrected chi connectivity index (χ2v) is 13.2. The van der Waals surface area contributed by atoms with Gasteiger partial charge in [-0.1, -0.05) is 127 Å². The van der Waals surface area contributed by atoms with E-state index in [2.05, 4.69) is 155 Å². The van der Waals surface area contributed by atoms with E-state index >= 15 is 0 Å². The van der Waals surface area contributed by atoms with E-state index in [9.17, 15) is 0 Å². The van der Waals surface area contributed by atoms with E-state index in [1.54, 1.807) is 0 Å². The Hall–Kier alpha value is -4.90. The summed E-state index contributed by atoms with van der Waals surface area (Å²) in [6, 6.07) is 49.1. The molecule has 0 N–H and O–H groups in total. The molecule has 1 aliphatic rings. The summed E-state index contributed by atoms with van der Waals surface area (Å²) in [5.74, 6) is 0. The molecule has 3 nitrogen and oxygen atoms in total. The van der Waals surface area contributed by atoms with Crippen LogP contribution >= 0.6 is 0 Å². The molecule has 0 aliphatic carbocycles. The monoisotopic (exact) mass is 598 g/mol. The van der Waals surface area contributed by atoms with Gasteiger partial charge in [0.05, 0.1) is 11.2 Å². The third kappa shape index (κ3) is 4.77. The molecule has 1 aliphatic heterocycles. The van der Waals surface area contributed by atoms with Gasteiger partial charge in [0.25, 0.3) is 0 Å². The van der Waals surface area contributed by atoms with Crippen LogP contribution in [0.1, 0.15) is 27.7 Å². The second-order valence-electron chi connectivity index (χ2n) is 13.2. The van der Waals surface area contributed by atoms with Gasteiger partial charge in [-0.05, 0) is 78.7 Å². The second kappa shape index (κ2) is 10.9. The highest BCUT2D eigenvalue weighted by atomic mass is 16.7. The van der Waals surface area contributed by atoms with Gasteiger partial charge in [0, 0.05) is 21.9 Å². The summed E-state index contributed by atoms with van der Waals surface area (Å²) in [4.78, 5) is 0. The van der Waals surface area contributed by atoms with E-state index in [4.69, 9.17) is 13.7 Å². The largest absolute Gasteiger partial charge is 0.495 e. The molecular formula is C42H35BO3. The lowest BCUT2D eigenvalue weighted by molar-refractivity contribution is 0.00578. The zero-order valence-electron chi connectivity index (χ0n) is 26.6. The molecule has 0 amide bonds. The highest BCUT2D eigenvalue weighted by Crippen LogP contribution is 2.44. The first kappa shape index (κ1) is 28.6. The van der Waals surface area contributed by atoms with Crippen molar-refractivity contribution in [3.05, 3.63) is 140 Å². The van der Waals surface area contributed by atoms with Crippen LogP contribution in [0, 0.1) is 0 Å². The maximum Gasteiger partial charge on any atom is 0.495 e. The molecule has 7 aromatic rings. The van der Waals surface area contributed by atoms with Crippen LogP contribution in [0.3, 0.4) is 0 Å². The van der Waals surface area contributed by atoms with Crippen molar-refractivity contribution < 1.29 is 13.7 Å². The Morgan fingerprint density at radius 3 is 1.50 bits per heavy atom. The molecule has 0 atom stereocenters. The number of furan rings is 1. The molecule has 224 valence electrons. The summed E-state index contributed by atoms with van der Waals surface area (Å²) in [5.41, 5.74) is 10.7. The van der Waals surface area contributed by atoms with E-state index in [1.807, 2.05) is 12.1 Å². The number of fused-ring (bicyclic) bond motifs is 3. The normalized spacial score (nSPS) is 15.5. The minimum absolute atomic E-state index is 0.472. The predicted octanol–water partition coefficient (Wildman–Crippen LogP) is 10.6. The molecule has 46 heavy (non-hydrogen) atoms. The highest BCUT2D eigenvalue weighted by molar-refractivity contribution is 6.66. The fraction of sp³-hybridized carbons (Fsp3) is 0.143. The number of rotatable bonds is 5. The molecular weight excluding hydrogens is 563 g/mol. The van der Waals surface area contributed by atoms with Crippen molar-refractivity contribution in [2.45, 2.75) is 38.9 Å². The van der Waals surface area contributed by atoms with E-state index in [1.165, 1.54) is 11.1 Å². The fourth-order valence-electron chi connectivity index (χ4n) is 6.50. The van der Waals surface area contributed by atoms with Crippen molar-refractivity contribution in [1.29, 1.82) is 0 Å². The van der Waals surface area contributed by atoms with Gasteiger partial charge in [-0.25, -0.2) is 0 Å². The first-order valence-electron chi connectivity index (χ1n) is 15.9. The summed E-state index contributed by atoms with van der Waals surface area (Å²) in [6.45, 7) is 8.39. The lowest BCUT2D eigenvalue weighted by Crippen LogP contribution is -2.41. The molecule has 0 saturated carbocycles. The van der Waals surface area contributed by atoms with Crippen molar-refractivity contribution in [2.75, 3.05) is 0 Å². The molecule has 2 heterocycles. The summed E-state index contributed by atoms with van der Waals surface area (Å²) < 4.78 is 20.3. The minimum Gasteiger partial charge on any atom is -0.455 e. The zero-order valence-corrected chi connectivity index (χ0v) is 26.6. The molecule has 0 unspecified atom stereocenters. The number of hydrogen-bond acceptors (Lipinski definition) is 3. The van der Waals surface area contributed by atoms with Crippen LogP contribution in [0.2, 0.25) is 0 Å². The zero-order chi connectivity index (χ0) is 31.5. The van der Waals surface area contributed by atoms with Crippen molar-refractivity contribution >= 4 is 34.5 Å². The lowest BCUT2D eigenvalue weighted by Gasteiger charge is -2.32. The summed E-state index contributed by atoms with van der Waals surface area (Å²) in [7, 11) is -0.539. The molecule has 1 saturated heterocycles. The Kier molecular flexibility index (Phi) is 6.75. The molecule has 0 spiro atoms. The highest BCUT2D eigenvalue weighted by Gasteiger charge is 2.52. The van der Waals surface area contributed by atoms with Crippen LogP contribution in [0.25, 0.3) is 66.4 Å². The standard InChI is InChI=1S/C42H35BO3/c1-41(2)42(3,4)46-43(45-41)37-25-24-34(32-22-20-30(21-23-32)28-14-8-5-9-15-28)40-38(37)36-27-33(29-16-10-6-11-17-29)26-35(39(36)44-40)31-18-12-7-13-19-31/h5-27H,1-4H3. The van der Waals surface area contributed by atoms with E-state index in [0.29, 0.717) is 0 Å². The molecule has 1 fully saturated rings. The third-order valence-electron chi connectivity index (χ3n) is 9.75. The Morgan fingerprint density at radius 1 is 0.435 bits per heavy atom. The van der Waals surface area contributed by atoms with Gasteiger partial charge >= 0.3 is 7.12 Å². The van der Waals surface area contributed by atoms with Crippen molar-refractivity contribution in [3.63, 3.8) is 0 Å². The fourth-order valence-corrected chi connectivity index (χ4v) is 6.50. The van der Waals surface area contributed by atoms with Gasteiger partial charge in [-0.3, -0.25) is 0 Å². The maximum absolute atomic E-state index is 7.02. The van der Waals surface area contributed by atoms with Gasteiger partial charge in [0.2, 0.25) is 0 Å². The quantitative estimate of drug-likeness (QED) is 0.185. The van der Waals surface area contributed by atoms with Crippen LogP contribution < -0.4 is 5.46 Å². The topological polar surface area (TPSA) is 31.6 Å². The van der Waals surface area contributed by atoms with Crippen LogP contribution in [0.5, 0.6) is 0 Å². The Balaban J connectivity index is 1.41. The minimum atomic E-state index is -0.539. The molecule has 4 heteroatoms. The Labute approximate surface area is 270 Å². The average molecular weight is 599 g/mol. The molecule has 0 radical (unpaired) electrons. The first-order chi connectivity index (χ1) is 22.3. The molecule has 6 aromatic carbocycles. The molecule has 0 bridgehead atoms. The van der Waals surface area contributed by atoms with E-state index in [0.717, 1.165) is 60.8 Å². The van der Waals surface area contributed by atoms with Gasteiger partial charge in [-0.2, -0.15) is 0 Å². The lowest BCUT2D eigenvalue weighted by atomic mass is 9.75.